The van der Waals surface area contributed by atoms with Crippen LogP contribution in [0.15, 0.2) is 18.2 Å². The zero-order valence-electron chi connectivity index (χ0n) is 11.2. The lowest BCUT2D eigenvalue weighted by atomic mass is 9.88. The number of hydrogen-bond donors (Lipinski definition) is 2. The van der Waals surface area contributed by atoms with Gasteiger partial charge in [0.1, 0.15) is 0 Å². The number of rotatable bonds is 3. The summed E-state index contributed by atoms with van der Waals surface area (Å²) in [4.78, 5) is 23.4. The number of amides is 2. The van der Waals surface area contributed by atoms with Crippen molar-refractivity contribution in [1.29, 1.82) is 0 Å². The number of carbonyl (C=O) groups is 2. The normalized spacial score (nSPS) is 23.6. The van der Waals surface area contributed by atoms with E-state index in [0.29, 0.717) is 18.8 Å². The van der Waals surface area contributed by atoms with E-state index in [1.807, 2.05) is 18.2 Å². The Bertz CT molecular complexity index is 572. The van der Waals surface area contributed by atoms with E-state index < -0.39 is 5.41 Å². The molecule has 20 heavy (non-hydrogen) atoms. The summed E-state index contributed by atoms with van der Waals surface area (Å²) < 4.78 is 10.5. The minimum atomic E-state index is -0.659. The topological polar surface area (TPSA) is 76.7 Å². The third-order valence-corrected chi connectivity index (χ3v) is 3.66. The molecule has 1 aromatic rings. The Kier molecular flexibility index (Phi) is 3.00. The van der Waals surface area contributed by atoms with Gasteiger partial charge in [0, 0.05) is 19.5 Å². The van der Waals surface area contributed by atoms with Crippen LogP contribution < -0.4 is 20.1 Å². The first kappa shape index (κ1) is 12.8. The van der Waals surface area contributed by atoms with Crippen LogP contribution in [0.1, 0.15) is 18.9 Å². The Balaban J connectivity index is 1.62. The first-order chi connectivity index (χ1) is 9.57. The molecule has 2 heterocycles. The molecule has 1 unspecified atom stereocenters. The zero-order chi connectivity index (χ0) is 14.2. The Morgan fingerprint density at radius 3 is 2.95 bits per heavy atom. The monoisotopic (exact) mass is 276 g/mol. The van der Waals surface area contributed by atoms with E-state index in [1.54, 1.807) is 6.92 Å². The van der Waals surface area contributed by atoms with Crippen molar-refractivity contribution in [1.82, 2.24) is 10.6 Å². The minimum Gasteiger partial charge on any atom is -0.454 e. The van der Waals surface area contributed by atoms with Gasteiger partial charge in [-0.3, -0.25) is 9.59 Å². The molecule has 6 heteroatoms. The minimum absolute atomic E-state index is 0.0780. The third kappa shape index (κ3) is 2.29. The highest BCUT2D eigenvalue weighted by Crippen LogP contribution is 2.32. The molecule has 2 aliphatic heterocycles. The van der Waals surface area contributed by atoms with Crippen LogP contribution in [0.4, 0.5) is 0 Å². The molecule has 0 aliphatic carbocycles. The van der Waals surface area contributed by atoms with Crippen molar-refractivity contribution in [3.63, 3.8) is 0 Å². The Morgan fingerprint density at radius 2 is 2.20 bits per heavy atom. The van der Waals surface area contributed by atoms with Gasteiger partial charge in [0.25, 0.3) is 0 Å². The highest BCUT2D eigenvalue weighted by atomic mass is 16.7. The molecule has 0 radical (unpaired) electrons. The van der Waals surface area contributed by atoms with Crippen LogP contribution in [-0.4, -0.2) is 25.2 Å². The SMILES string of the molecule is CC1(C(=O)NCc2ccc3c(c2)OCO3)CNC(=O)C1. The van der Waals surface area contributed by atoms with Crippen LogP contribution in [-0.2, 0) is 16.1 Å². The summed E-state index contributed by atoms with van der Waals surface area (Å²) >= 11 is 0. The van der Waals surface area contributed by atoms with Gasteiger partial charge < -0.3 is 20.1 Å². The van der Waals surface area contributed by atoms with Gasteiger partial charge >= 0.3 is 0 Å². The van der Waals surface area contributed by atoms with Crippen molar-refractivity contribution in [3.8, 4) is 11.5 Å². The van der Waals surface area contributed by atoms with Crippen LogP contribution in [0.2, 0.25) is 0 Å². The molecule has 0 aromatic heterocycles. The van der Waals surface area contributed by atoms with Crippen molar-refractivity contribution in [2.24, 2.45) is 5.41 Å². The average Bonchev–Trinajstić information content (AvgIpc) is 3.02. The molecule has 1 aromatic carbocycles. The predicted octanol–water partition coefficient (Wildman–Crippen LogP) is 0.558. The van der Waals surface area contributed by atoms with Crippen LogP contribution in [0.5, 0.6) is 11.5 Å². The average molecular weight is 276 g/mol. The number of hydrogen-bond acceptors (Lipinski definition) is 4. The lowest BCUT2D eigenvalue weighted by Crippen LogP contribution is -2.40. The maximum atomic E-state index is 12.2. The summed E-state index contributed by atoms with van der Waals surface area (Å²) in [6, 6.07) is 5.56. The van der Waals surface area contributed by atoms with Gasteiger partial charge in [-0.1, -0.05) is 6.07 Å². The maximum Gasteiger partial charge on any atom is 0.231 e. The van der Waals surface area contributed by atoms with E-state index in [9.17, 15) is 9.59 Å². The van der Waals surface area contributed by atoms with Gasteiger partial charge in [0.2, 0.25) is 18.6 Å². The molecule has 106 valence electrons. The number of carbonyl (C=O) groups excluding carboxylic acids is 2. The molecule has 1 fully saturated rings. The van der Waals surface area contributed by atoms with Gasteiger partial charge in [-0.15, -0.1) is 0 Å². The van der Waals surface area contributed by atoms with Crippen molar-refractivity contribution in [2.75, 3.05) is 13.3 Å². The van der Waals surface area contributed by atoms with Crippen LogP contribution >= 0.6 is 0 Å². The molecule has 2 amide bonds. The van der Waals surface area contributed by atoms with E-state index in [1.165, 1.54) is 0 Å². The molecular weight excluding hydrogens is 260 g/mol. The van der Waals surface area contributed by atoms with Crippen molar-refractivity contribution < 1.29 is 19.1 Å². The number of ether oxygens (including phenoxy) is 2. The molecule has 2 N–H and O–H groups in total. The first-order valence-electron chi connectivity index (χ1n) is 6.50. The number of nitrogens with one attached hydrogen (secondary N) is 2. The second-order valence-electron chi connectivity index (χ2n) is 5.38. The molecule has 1 saturated heterocycles. The van der Waals surface area contributed by atoms with Crippen molar-refractivity contribution >= 4 is 11.8 Å². The summed E-state index contributed by atoms with van der Waals surface area (Å²) in [5.41, 5.74) is 0.274. The largest absolute Gasteiger partial charge is 0.454 e. The maximum absolute atomic E-state index is 12.2. The van der Waals surface area contributed by atoms with Crippen molar-refractivity contribution in [2.45, 2.75) is 19.9 Å². The van der Waals surface area contributed by atoms with Gasteiger partial charge in [-0.25, -0.2) is 0 Å². The fraction of sp³-hybridized carbons (Fsp3) is 0.429. The van der Waals surface area contributed by atoms with E-state index in [2.05, 4.69) is 10.6 Å². The highest BCUT2D eigenvalue weighted by Gasteiger charge is 2.40. The number of benzene rings is 1. The summed E-state index contributed by atoms with van der Waals surface area (Å²) in [7, 11) is 0. The first-order valence-corrected chi connectivity index (χ1v) is 6.50. The predicted molar refractivity (Wildman–Crippen MR) is 70.1 cm³/mol. The summed E-state index contributed by atoms with van der Waals surface area (Å²) in [5, 5.41) is 5.55. The van der Waals surface area contributed by atoms with Gasteiger partial charge in [0.05, 0.1) is 5.41 Å². The highest BCUT2D eigenvalue weighted by molar-refractivity contribution is 5.92. The molecule has 3 rings (SSSR count). The van der Waals surface area contributed by atoms with E-state index in [4.69, 9.17) is 9.47 Å². The lowest BCUT2D eigenvalue weighted by Gasteiger charge is -2.20. The van der Waals surface area contributed by atoms with E-state index >= 15 is 0 Å². The standard InChI is InChI=1S/C14H16N2O4/c1-14(5-12(17)16-7-14)13(18)15-6-9-2-3-10-11(4-9)20-8-19-10/h2-4H,5-8H2,1H3,(H,15,18)(H,16,17). The second kappa shape index (κ2) is 4.70. The third-order valence-electron chi connectivity index (χ3n) is 3.66. The van der Waals surface area contributed by atoms with Crippen LogP contribution in [0, 0.1) is 5.41 Å². The summed E-state index contributed by atoms with van der Waals surface area (Å²) in [6.45, 7) is 2.81. The molecule has 1 atom stereocenters. The fourth-order valence-electron chi connectivity index (χ4n) is 2.38. The second-order valence-corrected chi connectivity index (χ2v) is 5.38. The van der Waals surface area contributed by atoms with Crippen LogP contribution in [0.3, 0.4) is 0 Å². The van der Waals surface area contributed by atoms with Gasteiger partial charge in [-0.05, 0) is 24.6 Å². The zero-order valence-corrected chi connectivity index (χ0v) is 11.2. The molecule has 0 spiro atoms. The summed E-state index contributed by atoms with van der Waals surface area (Å²) in [6.07, 6.45) is 0.236. The molecule has 2 aliphatic rings. The number of fused-ring (bicyclic) bond motifs is 1. The molecular formula is C14H16N2O4. The van der Waals surface area contributed by atoms with E-state index in [0.717, 1.165) is 11.3 Å². The van der Waals surface area contributed by atoms with Crippen LogP contribution in [0.25, 0.3) is 0 Å². The summed E-state index contributed by atoms with van der Waals surface area (Å²) in [5.74, 6) is 1.22. The molecule has 0 saturated carbocycles. The smallest absolute Gasteiger partial charge is 0.231 e. The lowest BCUT2D eigenvalue weighted by molar-refractivity contribution is -0.131. The quantitative estimate of drug-likeness (QED) is 0.845. The van der Waals surface area contributed by atoms with Crippen molar-refractivity contribution in [3.05, 3.63) is 23.8 Å². The Morgan fingerprint density at radius 1 is 1.40 bits per heavy atom. The molecule has 6 nitrogen and oxygen atoms in total. The Labute approximate surface area is 116 Å². The van der Waals surface area contributed by atoms with Gasteiger partial charge in [0.15, 0.2) is 11.5 Å². The van der Waals surface area contributed by atoms with E-state index in [-0.39, 0.29) is 25.0 Å². The fourth-order valence-corrected chi connectivity index (χ4v) is 2.38. The van der Waals surface area contributed by atoms with Gasteiger partial charge in [-0.2, -0.15) is 0 Å². The Hall–Kier alpha value is -2.24. The molecule has 0 bridgehead atoms.